The highest BCUT2D eigenvalue weighted by atomic mass is 79.9. The summed E-state index contributed by atoms with van der Waals surface area (Å²) in [5.74, 6) is 0.829. The zero-order valence-electron chi connectivity index (χ0n) is 10.0. The number of aryl methyl sites for hydroxylation is 1. The molecular weight excluding hydrogens is 266 g/mol. The molecule has 1 fully saturated rings. The van der Waals surface area contributed by atoms with Gasteiger partial charge in [-0.3, -0.25) is 4.68 Å². The molecule has 3 nitrogen and oxygen atoms in total. The van der Waals surface area contributed by atoms with E-state index in [4.69, 9.17) is 0 Å². The number of aromatic nitrogens is 2. The van der Waals surface area contributed by atoms with Gasteiger partial charge < -0.3 is 5.32 Å². The lowest BCUT2D eigenvalue weighted by atomic mass is 9.94. The Morgan fingerprint density at radius 2 is 2.38 bits per heavy atom. The average Bonchev–Trinajstić information content (AvgIpc) is 2.63. The van der Waals surface area contributed by atoms with E-state index in [2.05, 4.69) is 44.9 Å². The molecule has 0 aromatic carbocycles. The van der Waals surface area contributed by atoms with Gasteiger partial charge in [0, 0.05) is 19.0 Å². The first kappa shape index (κ1) is 12.1. The summed E-state index contributed by atoms with van der Waals surface area (Å²) < 4.78 is 3.24. The largest absolute Gasteiger partial charge is 0.313 e. The maximum atomic E-state index is 4.36. The molecule has 0 radical (unpaired) electrons. The minimum Gasteiger partial charge on any atom is -0.313 e. The second-order valence-electron chi connectivity index (χ2n) is 4.75. The van der Waals surface area contributed by atoms with Crippen molar-refractivity contribution in [3.8, 4) is 0 Å². The van der Waals surface area contributed by atoms with Crippen molar-refractivity contribution in [2.24, 2.45) is 5.92 Å². The van der Waals surface area contributed by atoms with E-state index >= 15 is 0 Å². The number of halogens is 1. The summed E-state index contributed by atoms with van der Waals surface area (Å²) in [6, 6.07) is 0.620. The summed E-state index contributed by atoms with van der Waals surface area (Å²) >= 11 is 3.59. The van der Waals surface area contributed by atoms with Crippen LogP contribution in [0.3, 0.4) is 0 Å². The maximum Gasteiger partial charge on any atom is 0.0635 e. The number of hydrogen-bond donors (Lipinski definition) is 1. The van der Waals surface area contributed by atoms with E-state index in [0.717, 1.165) is 29.9 Å². The van der Waals surface area contributed by atoms with E-state index in [1.54, 1.807) is 0 Å². The Morgan fingerprint density at radius 3 is 3.00 bits per heavy atom. The highest BCUT2D eigenvalue weighted by molar-refractivity contribution is 9.10. The van der Waals surface area contributed by atoms with Crippen LogP contribution in [0.25, 0.3) is 0 Å². The van der Waals surface area contributed by atoms with Crippen LogP contribution >= 0.6 is 15.9 Å². The third-order valence-corrected chi connectivity index (χ3v) is 4.06. The summed E-state index contributed by atoms with van der Waals surface area (Å²) in [6.45, 7) is 6.56. The summed E-state index contributed by atoms with van der Waals surface area (Å²) in [5.41, 5.74) is 1.33. The van der Waals surface area contributed by atoms with Gasteiger partial charge in [-0.2, -0.15) is 5.10 Å². The first-order chi connectivity index (χ1) is 7.70. The summed E-state index contributed by atoms with van der Waals surface area (Å²) in [7, 11) is 0. The fourth-order valence-corrected chi connectivity index (χ4v) is 2.79. The molecule has 2 rings (SSSR count). The molecule has 1 N–H and O–H groups in total. The molecule has 90 valence electrons. The van der Waals surface area contributed by atoms with Crippen molar-refractivity contribution in [3.05, 3.63) is 16.4 Å². The van der Waals surface area contributed by atoms with E-state index in [-0.39, 0.29) is 0 Å². The molecule has 1 saturated heterocycles. The van der Waals surface area contributed by atoms with Gasteiger partial charge in [0.25, 0.3) is 0 Å². The predicted molar refractivity (Wildman–Crippen MR) is 69.5 cm³/mol. The summed E-state index contributed by atoms with van der Waals surface area (Å²) in [4.78, 5) is 0. The molecule has 0 spiro atoms. The van der Waals surface area contributed by atoms with Gasteiger partial charge in [-0.15, -0.1) is 0 Å². The van der Waals surface area contributed by atoms with E-state index < -0.39 is 0 Å². The van der Waals surface area contributed by atoms with Gasteiger partial charge in [0.2, 0.25) is 0 Å². The second kappa shape index (κ2) is 5.32. The molecule has 2 heterocycles. The minimum atomic E-state index is 0.620. The fraction of sp³-hybridized carbons (Fsp3) is 0.750. The predicted octanol–water partition coefficient (Wildman–Crippen LogP) is 2.60. The molecule has 0 amide bonds. The number of nitrogens with zero attached hydrogens (tertiary/aromatic N) is 2. The van der Waals surface area contributed by atoms with Crippen LogP contribution in [0, 0.1) is 5.92 Å². The Bertz CT molecular complexity index is 340. The Hall–Kier alpha value is -0.350. The fourth-order valence-electron chi connectivity index (χ4n) is 2.33. The Balaban J connectivity index is 2.00. The molecule has 4 heteroatoms. The molecule has 0 saturated carbocycles. The zero-order chi connectivity index (χ0) is 11.5. The van der Waals surface area contributed by atoms with E-state index in [9.17, 15) is 0 Å². The standard InChI is InChI=1S/C12H20BrN3/c1-3-16-12(11(13)8-15-16)6-10-5-4-9(2)7-14-10/h8-10,14H,3-7H2,1-2H3. The van der Waals surface area contributed by atoms with Crippen molar-refractivity contribution in [2.75, 3.05) is 6.54 Å². The topological polar surface area (TPSA) is 29.9 Å². The molecule has 1 aromatic heterocycles. The number of nitrogens with one attached hydrogen (secondary N) is 1. The van der Waals surface area contributed by atoms with Gasteiger partial charge in [0.05, 0.1) is 16.4 Å². The van der Waals surface area contributed by atoms with E-state index in [1.807, 2.05) is 6.20 Å². The molecule has 2 unspecified atom stereocenters. The highest BCUT2D eigenvalue weighted by Crippen LogP contribution is 2.21. The molecule has 0 aliphatic carbocycles. The SMILES string of the molecule is CCn1ncc(Br)c1CC1CCC(C)CN1. The van der Waals surface area contributed by atoms with Crippen molar-refractivity contribution in [3.63, 3.8) is 0 Å². The van der Waals surface area contributed by atoms with Crippen molar-refractivity contribution in [1.29, 1.82) is 0 Å². The Labute approximate surface area is 106 Å². The van der Waals surface area contributed by atoms with Crippen LogP contribution < -0.4 is 5.32 Å². The molecule has 2 atom stereocenters. The molecular formula is C12H20BrN3. The molecule has 1 aromatic rings. The Morgan fingerprint density at radius 1 is 1.56 bits per heavy atom. The smallest absolute Gasteiger partial charge is 0.0635 e. The first-order valence-corrected chi connectivity index (χ1v) is 6.93. The molecule has 16 heavy (non-hydrogen) atoms. The number of rotatable bonds is 3. The molecule has 0 bridgehead atoms. The lowest BCUT2D eigenvalue weighted by molar-refractivity contribution is 0.322. The molecule has 1 aliphatic heterocycles. The summed E-state index contributed by atoms with van der Waals surface area (Å²) in [5, 5.41) is 7.98. The van der Waals surface area contributed by atoms with Gasteiger partial charge in [0.1, 0.15) is 0 Å². The van der Waals surface area contributed by atoms with Crippen LogP contribution in [-0.2, 0) is 13.0 Å². The Kier molecular flexibility index (Phi) is 4.03. The number of hydrogen-bond acceptors (Lipinski definition) is 2. The van der Waals surface area contributed by atoms with Crippen molar-refractivity contribution in [2.45, 2.75) is 45.7 Å². The molecule has 1 aliphatic rings. The number of piperidine rings is 1. The lowest BCUT2D eigenvalue weighted by Crippen LogP contribution is -2.39. The van der Waals surface area contributed by atoms with Crippen LogP contribution in [0.4, 0.5) is 0 Å². The average molecular weight is 286 g/mol. The quantitative estimate of drug-likeness (QED) is 0.925. The van der Waals surface area contributed by atoms with E-state index in [1.165, 1.54) is 18.5 Å². The van der Waals surface area contributed by atoms with Gasteiger partial charge in [-0.25, -0.2) is 0 Å². The third kappa shape index (κ3) is 2.66. The van der Waals surface area contributed by atoms with Crippen molar-refractivity contribution >= 4 is 15.9 Å². The van der Waals surface area contributed by atoms with Crippen LogP contribution in [0.1, 0.15) is 32.4 Å². The zero-order valence-corrected chi connectivity index (χ0v) is 11.6. The normalized spacial score (nSPS) is 25.9. The van der Waals surface area contributed by atoms with Gasteiger partial charge in [-0.1, -0.05) is 6.92 Å². The monoisotopic (exact) mass is 285 g/mol. The van der Waals surface area contributed by atoms with Crippen LogP contribution in [0.2, 0.25) is 0 Å². The third-order valence-electron chi connectivity index (χ3n) is 3.40. The highest BCUT2D eigenvalue weighted by Gasteiger charge is 2.20. The second-order valence-corrected chi connectivity index (χ2v) is 5.60. The maximum absolute atomic E-state index is 4.36. The minimum absolute atomic E-state index is 0.620. The van der Waals surface area contributed by atoms with Gasteiger partial charge in [0.15, 0.2) is 0 Å². The van der Waals surface area contributed by atoms with E-state index in [0.29, 0.717) is 6.04 Å². The van der Waals surface area contributed by atoms with Crippen LogP contribution in [-0.4, -0.2) is 22.4 Å². The van der Waals surface area contributed by atoms with Crippen LogP contribution in [0.5, 0.6) is 0 Å². The first-order valence-electron chi connectivity index (χ1n) is 6.14. The lowest BCUT2D eigenvalue weighted by Gasteiger charge is -2.28. The van der Waals surface area contributed by atoms with Crippen molar-refractivity contribution < 1.29 is 0 Å². The summed E-state index contributed by atoms with van der Waals surface area (Å²) in [6.07, 6.45) is 5.61. The van der Waals surface area contributed by atoms with Crippen LogP contribution in [0.15, 0.2) is 10.7 Å². The van der Waals surface area contributed by atoms with Crippen molar-refractivity contribution in [1.82, 2.24) is 15.1 Å². The van der Waals surface area contributed by atoms with Gasteiger partial charge >= 0.3 is 0 Å². The van der Waals surface area contributed by atoms with Gasteiger partial charge in [-0.05, 0) is 48.2 Å².